The molecule has 0 aliphatic carbocycles. The Morgan fingerprint density at radius 3 is 2.68 bits per heavy atom. The third-order valence-corrected chi connectivity index (χ3v) is 4.87. The number of aromatic amines is 1. The topological polar surface area (TPSA) is 55.2 Å². The van der Waals surface area contributed by atoms with E-state index in [0.29, 0.717) is 22.2 Å². The number of ether oxygens (including phenoxy) is 1. The van der Waals surface area contributed by atoms with Crippen LogP contribution in [0.25, 0.3) is 10.8 Å². The molecule has 0 fully saturated rings. The van der Waals surface area contributed by atoms with Crippen LogP contribution in [-0.4, -0.2) is 21.1 Å². The van der Waals surface area contributed by atoms with Crippen LogP contribution in [0.15, 0.2) is 65.8 Å². The molecular weight excluding hydrogens is 392 g/mol. The summed E-state index contributed by atoms with van der Waals surface area (Å²) in [4.78, 5) is 0. The van der Waals surface area contributed by atoms with Gasteiger partial charge >= 0.3 is 0 Å². The zero-order valence-electron chi connectivity index (χ0n) is 15.1. The van der Waals surface area contributed by atoms with Crippen LogP contribution >= 0.6 is 23.8 Å². The molecule has 7 heteroatoms. The number of nitrogens with zero attached hydrogens (tertiary/aromatic N) is 3. The van der Waals surface area contributed by atoms with Crippen molar-refractivity contribution in [1.82, 2.24) is 14.9 Å². The summed E-state index contributed by atoms with van der Waals surface area (Å²) in [5.41, 5.74) is 1.92. The van der Waals surface area contributed by atoms with Gasteiger partial charge in [0.2, 0.25) is 4.77 Å². The molecule has 0 aliphatic rings. The highest BCUT2D eigenvalue weighted by atomic mass is 35.5. The summed E-state index contributed by atoms with van der Waals surface area (Å²) in [7, 11) is 0. The molecule has 0 spiro atoms. The van der Waals surface area contributed by atoms with Crippen molar-refractivity contribution in [2.45, 2.75) is 13.5 Å². The molecule has 5 nitrogen and oxygen atoms in total. The van der Waals surface area contributed by atoms with E-state index in [1.807, 2.05) is 61.5 Å². The number of H-pyrrole nitrogens is 1. The molecule has 0 saturated heterocycles. The maximum absolute atomic E-state index is 6.11. The van der Waals surface area contributed by atoms with Crippen LogP contribution in [0.4, 0.5) is 0 Å². The Balaban J connectivity index is 1.72. The molecule has 0 saturated carbocycles. The zero-order valence-corrected chi connectivity index (χ0v) is 16.7. The Bertz CT molecular complexity index is 1210. The third-order valence-electron chi connectivity index (χ3n) is 4.35. The summed E-state index contributed by atoms with van der Waals surface area (Å²) in [6.45, 7) is 2.27. The lowest BCUT2D eigenvalue weighted by atomic mass is 10.0. The van der Waals surface area contributed by atoms with Crippen molar-refractivity contribution >= 4 is 40.8 Å². The quantitative estimate of drug-likeness (QED) is 0.349. The summed E-state index contributed by atoms with van der Waals surface area (Å²) in [5.74, 6) is 1.43. The van der Waals surface area contributed by atoms with Crippen LogP contribution in [0.3, 0.4) is 0 Å². The van der Waals surface area contributed by atoms with E-state index >= 15 is 0 Å². The molecule has 28 heavy (non-hydrogen) atoms. The second kappa shape index (κ2) is 7.96. The fraction of sp³-hybridized carbons (Fsp3) is 0.0952. The van der Waals surface area contributed by atoms with Crippen molar-refractivity contribution in [3.63, 3.8) is 0 Å². The SMILES string of the molecule is Cc1n[nH]c(=S)n1/N=C\c1c(OCc2ccc(Cl)cc2)ccc2ccccc12. The van der Waals surface area contributed by atoms with Gasteiger partial charge in [0.15, 0.2) is 0 Å². The average molecular weight is 409 g/mol. The number of aryl methyl sites for hydroxylation is 1. The highest BCUT2D eigenvalue weighted by molar-refractivity contribution is 7.71. The number of fused-ring (bicyclic) bond motifs is 1. The zero-order chi connectivity index (χ0) is 19.5. The summed E-state index contributed by atoms with van der Waals surface area (Å²) in [5, 5.41) is 14.2. The van der Waals surface area contributed by atoms with Crippen LogP contribution in [0.2, 0.25) is 5.02 Å². The van der Waals surface area contributed by atoms with Crippen molar-refractivity contribution in [3.8, 4) is 5.75 Å². The second-order valence-electron chi connectivity index (χ2n) is 6.25. The molecule has 4 rings (SSSR count). The van der Waals surface area contributed by atoms with Gasteiger partial charge in [-0.25, -0.2) is 0 Å². The smallest absolute Gasteiger partial charge is 0.216 e. The van der Waals surface area contributed by atoms with Crippen molar-refractivity contribution in [1.29, 1.82) is 0 Å². The molecule has 0 aliphatic heterocycles. The Labute approximate surface area is 172 Å². The van der Waals surface area contributed by atoms with Crippen LogP contribution in [0.1, 0.15) is 17.0 Å². The molecule has 1 aromatic heterocycles. The fourth-order valence-electron chi connectivity index (χ4n) is 2.90. The maximum atomic E-state index is 6.11. The first kappa shape index (κ1) is 18.4. The van der Waals surface area contributed by atoms with Crippen molar-refractivity contribution < 1.29 is 4.74 Å². The average Bonchev–Trinajstić information content (AvgIpc) is 3.03. The molecule has 140 valence electrons. The van der Waals surface area contributed by atoms with Gasteiger partial charge in [0.25, 0.3) is 0 Å². The van der Waals surface area contributed by atoms with Crippen LogP contribution in [0, 0.1) is 11.7 Å². The predicted octanol–water partition coefficient (Wildman–Crippen LogP) is 5.52. The van der Waals surface area contributed by atoms with E-state index in [1.165, 1.54) is 0 Å². The van der Waals surface area contributed by atoms with Gasteiger partial charge in [-0.15, -0.1) is 0 Å². The van der Waals surface area contributed by atoms with Gasteiger partial charge in [-0.3, -0.25) is 5.10 Å². The van der Waals surface area contributed by atoms with Crippen LogP contribution in [-0.2, 0) is 6.61 Å². The second-order valence-corrected chi connectivity index (χ2v) is 7.07. The highest BCUT2D eigenvalue weighted by Crippen LogP contribution is 2.27. The van der Waals surface area contributed by atoms with Crippen LogP contribution < -0.4 is 4.74 Å². The van der Waals surface area contributed by atoms with E-state index in [1.54, 1.807) is 10.9 Å². The maximum Gasteiger partial charge on any atom is 0.216 e. The lowest BCUT2D eigenvalue weighted by molar-refractivity contribution is 0.306. The Kier molecular flexibility index (Phi) is 5.23. The molecule has 1 heterocycles. The number of benzene rings is 3. The van der Waals surface area contributed by atoms with E-state index in [4.69, 9.17) is 28.6 Å². The minimum atomic E-state index is 0.431. The number of rotatable bonds is 5. The molecule has 1 N–H and O–H groups in total. The normalized spacial score (nSPS) is 11.4. The highest BCUT2D eigenvalue weighted by Gasteiger charge is 2.08. The molecule has 0 bridgehead atoms. The minimum absolute atomic E-state index is 0.431. The summed E-state index contributed by atoms with van der Waals surface area (Å²) in [6.07, 6.45) is 1.76. The predicted molar refractivity (Wildman–Crippen MR) is 115 cm³/mol. The molecular formula is C21H17ClN4OS. The summed E-state index contributed by atoms with van der Waals surface area (Å²) in [6, 6.07) is 19.7. The Morgan fingerprint density at radius 1 is 1.14 bits per heavy atom. The molecule has 0 unspecified atom stereocenters. The summed E-state index contributed by atoms with van der Waals surface area (Å²) >= 11 is 11.2. The standard InChI is InChI=1S/C21H17ClN4OS/c1-14-24-25-21(28)26(14)23-12-19-18-5-3-2-4-16(18)8-11-20(19)27-13-15-6-9-17(22)10-7-15/h2-12H,13H2,1H3,(H,25,28)/b23-12-. The molecule has 0 amide bonds. The lowest BCUT2D eigenvalue weighted by Gasteiger charge is -2.12. The van der Waals surface area contributed by atoms with Gasteiger partial charge in [-0.2, -0.15) is 14.9 Å². The fourth-order valence-corrected chi connectivity index (χ4v) is 3.25. The number of hydrogen-bond donors (Lipinski definition) is 1. The van der Waals surface area contributed by atoms with E-state index < -0.39 is 0 Å². The first-order chi connectivity index (χ1) is 13.6. The van der Waals surface area contributed by atoms with Gasteiger partial charge in [0.05, 0.1) is 6.21 Å². The first-order valence-corrected chi connectivity index (χ1v) is 9.48. The van der Waals surface area contributed by atoms with E-state index in [9.17, 15) is 0 Å². The number of hydrogen-bond acceptors (Lipinski definition) is 4. The van der Waals surface area contributed by atoms with E-state index in [0.717, 1.165) is 27.6 Å². The molecule has 0 atom stereocenters. The molecule has 4 aromatic rings. The molecule has 0 radical (unpaired) electrons. The molecule has 3 aromatic carbocycles. The number of nitrogens with one attached hydrogen (secondary N) is 1. The summed E-state index contributed by atoms with van der Waals surface area (Å²) < 4.78 is 8.13. The largest absolute Gasteiger partial charge is 0.488 e. The van der Waals surface area contributed by atoms with E-state index in [2.05, 4.69) is 21.4 Å². The van der Waals surface area contributed by atoms with Gasteiger partial charge < -0.3 is 4.74 Å². The van der Waals surface area contributed by atoms with Gasteiger partial charge in [-0.05, 0) is 53.7 Å². The third kappa shape index (κ3) is 3.83. The number of aromatic nitrogens is 3. The van der Waals surface area contributed by atoms with E-state index in [-0.39, 0.29) is 0 Å². The monoisotopic (exact) mass is 408 g/mol. The minimum Gasteiger partial charge on any atom is -0.488 e. The van der Waals surface area contributed by atoms with Crippen molar-refractivity contribution in [2.75, 3.05) is 0 Å². The number of halogens is 1. The Morgan fingerprint density at radius 2 is 1.93 bits per heavy atom. The Hall–Kier alpha value is -2.96. The lowest BCUT2D eigenvalue weighted by Crippen LogP contribution is -2.00. The van der Waals surface area contributed by atoms with Gasteiger partial charge in [0.1, 0.15) is 18.2 Å². The van der Waals surface area contributed by atoms with Crippen molar-refractivity contribution in [2.24, 2.45) is 5.10 Å². The first-order valence-electron chi connectivity index (χ1n) is 8.69. The van der Waals surface area contributed by atoms with Crippen LogP contribution in [0.5, 0.6) is 5.75 Å². The van der Waals surface area contributed by atoms with Gasteiger partial charge in [-0.1, -0.05) is 54.1 Å². The van der Waals surface area contributed by atoms with Gasteiger partial charge in [0, 0.05) is 10.6 Å². The van der Waals surface area contributed by atoms with Crippen molar-refractivity contribution in [3.05, 3.63) is 87.4 Å².